The Morgan fingerprint density at radius 2 is 1.78 bits per heavy atom. The molecule has 0 N–H and O–H groups in total. The monoisotopic (exact) mass is 427 g/mol. The van der Waals surface area contributed by atoms with Crippen LogP contribution in [0.2, 0.25) is 0 Å². The summed E-state index contributed by atoms with van der Waals surface area (Å²) in [7, 11) is 0. The lowest BCUT2D eigenvalue weighted by Crippen LogP contribution is -2.40. The average Bonchev–Trinajstić information content (AvgIpc) is 3.54. The second-order valence-electron chi connectivity index (χ2n) is 10.6. The Morgan fingerprint density at radius 3 is 2.50 bits per heavy atom. The normalized spacial score (nSPS) is 23.9. The molecule has 1 unspecified atom stereocenters. The lowest BCUT2D eigenvalue weighted by molar-refractivity contribution is 0.239. The second kappa shape index (κ2) is 8.30. The molecule has 1 nitrogen and oxygen atoms in total. The van der Waals surface area contributed by atoms with Crippen LogP contribution in [0.15, 0.2) is 59.7 Å². The van der Waals surface area contributed by atoms with Crippen molar-refractivity contribution in [3.05, 3.63) is 81.9 Å². The average molecular weight is 428 g/mol. The summed E-state index contributed by atoms with van der Waals surface area (Å²) in [5.41, 5.74) is 11.1. The van der Waals surface area contributed by atoms with Crippen molar-refractivity contribution in [3.63, 3.8) is 0 Å². The molecule has 0 radical (unpaired) electrons. The van der Waals surface area contributed by atoms with Crippen LogP contribution in [0.3, 0.4) is 0 Å². The van der Waals surface area contributed by atoms with Gasteiger partial charge in [-0.1, -0.05) is 66.6 Å². The molecular formula is C30H34FN. The van der Waals surface area contributed by atoms with E-state index < -0.39 is 0 Å². The van der Waals surface area contributed by atoms with Gasteiger partial charge in [-0.25, -0.2) is 0 Å². The minimum atomic E-state index is -0.208. The third-order valence-corrected chi connectivity index (χ3v) is 8.49. The molecule has 1 aliphatic heterocycles. The Balaban J connectivity index is 1.30. The molecule has 32 heavy (non-hydrogen) atoms. The largest absolute Gasteiger partial charge is 0.295 e. The van der Waals surface area contributed by atoms with Gasteiger partial charge in [0.25, 0.3) is 0 Å². The molecule has 0 aromatic heterocycles. The maximum atomic E-state index is 12.4. The third-order valence-electron chi connectivity index (χ3n) is 8.49. The van der Waals surface area contributed by atoms with Crippen molar-refractivity contribution in [3.8, 4) is 0 Å². The zero-order valence-electron chi connectivity index (χ0n) is 19.1. The molecule has 4 aliphatic rings. The highest BCUT2D eigenvalue weighted by Gasteiger charge is 2.58. The van der Waals surface area contributed by atoms with Crippen LogP contribution in [-0.2, 0) is 6.42 Å². The molecule has 1 saturated heterocycles. The topological polar surface area (TPSA) is 3.24 Å². The number of allylic oxidation sites excluding steroid dienone is 1. The van der Waals surface area contributed by atoms with Crippen molar-refractivity contribution < 1.29 is 4.39 Å². The first-order valence-corrected chi connectivity index (χ1v) is 12.7. The molecule has 0 amide bonds. The van der Waals surface area contributed by atoms with E-state index >= 15 is 0 Å². The fraction of sp³-hybridized carbons (Fsp3) is 0.467. The van der Waals surface area contributed by atoms with E-state index in [4.69, 9.17) is 0 Å². The van der Waals surface area contributed by atoms with Crippen LogP contribution in [0.5, 0.6) is 0 Å². The lowest BCUT2D eigenvalue weighted by atomic mass is 9.76. The van der Waals surface area contributed by atoms with Gasteiger partial charge < -0.3 is 0 Å². The number of likely N-dealkylation sites (tertiary alicyclic amines) is 1. The molecular weight excluding hydrogens is 393 g/mol. The number of benzene rings is 2. The quantitative estimate of drug-likeness (QED) is 0.476. The highest BCUT2D eigenvalue weighted by Crippen LogP contribution is 2.69. The van der Waals surface area contributed by atoms with Gasteiger partial charge in [0, 0.05) is 19.6 Å². The van der Waals surface area contributed by atoms with Crippen LogP contribution in [0.25, 0.3) is 11.6 Å². The van der Waals surface area contributed by atoms with Gasteiger partial charge in [-0.2, -0.15) is 0 Å². The van der Waals surface area contributed by atoms with E-state index in [2.05, 4.69) is 59.5 Å². The predicted molar refractivity (Wildman–Crippen MR) is 131 cm³/mol. The molecule has 2 aromatic carbocycles. The summed E-state index contributed by atoms with van der Waals surface area (Å²) >= 11 is 0. The number of hydrogen-bond acceptors (Lipinski definition) is 1. The van der Waals surface area contributed by atoms with Gasteiger partial charge in [0.1, 0.15) is 0 Å². The smallest absolute Gasteiger partial charge is 0.0906 e. The predicted octanol–water partition coefficient (Wildman–Crippen LogP) is 7.07. The lowest BCUT2D eigenvalue weighted by Gasteiger charge is -2.33. The molecule has 2 saturated carbocycles. The van der Waals surface area contributed by atoms with Gasteiger partial charge >= 0.3 is 0 Å². The van der Waals surface area contributed by atoms with Crippen LogP contribution in [-0.4, -0.2) is 31.2 Å². The summed E-state index contributed by atoms with van der Waals surface area (Å²) in [6.45, 7) is 2.66. The zero-order chi connectivity index (χ0) is 21.5. The van der Waals surface area contributed by atoms with Crippen LogP contribution in [0.4, 0.5) is 4.39 Å². The van der Waals surface area contributed by atoms with Crippen molar-refractivity contribution >= 4 is 11.6 Å². The van der Waals surface area contributed by atoms with Crippen molar-refractivity contribution in [2.45, 2.75) is 51.4 Å². The molecule has 1 spiro atoms. The van der Waals surface area contributed by atoms with Gasteiger partial charge in [-0.15, -0.1) is 0 Å². The number of hydrogen-bond donors (Lipinski definition) is 0. The van der Waals surface area contributed by atoms with Crippen molar-refractivity contribution in [1.29, 1.82) is 0 Å². The van der Waals surface area contributed by atoms with Crippen molar-refractivity contribution in [2.24, 2.45) is 11.3 Å². The number of nitrogens with zero attached hydrogens (tertiary/aromatic N) is 1. The first kappa shape index (κ1) is 20.4. The number of alkyl halides is 1. The Labute approximate surface area is 192 Å². The van der Waals surface area contributed by atoms with E-state index in [-0.39, 0.29) is 6.67 Å². The van der Waals surface area contributed by atoms with Crippen LogP contribution in [0.1, 0.15) is 67.2 Å². The number of rotatable bonds is 6. The van der Waals surface area contributed by atoms with E-state index in [1.165, 1.54) is 72.8 Å². The third kappa shape index (κ3) is 3.67. The fourth-order valence-electron chi connectivity index (χ4n) is 6.51. The Hall–Kier alpha value is -2.19. The Bertz CT molecular complexity index is 1050. The number of halogens is 1. The Kier molecular flexibility index (Phi) is 5.30. The molecule has 0 bridgehead atoms. The fourth-order valence-corrected chi connectivity index (χ4v) is 6.51. The maximum Gasteiger partial charge on any atom is 0.0906 e. The zero-order valence-corrected chi connectivity index (χ0v) is 19.1. The van der Waals surface area contributed by atoms with E-state index in [1.807, 2.05) is 0 Å². The summed E-state index contributed by atoms with van der Waals surface area (Å²) < 4.78 is 12.4. The molecule has 166 valence electrons. The highest BCUT2D eigenvalue weighted by atomic mass is 19.1. The Morgan fingerprint density at radius 1 is 0.969 bits per heavy atom. The van der Waals surface area contributed by atoms with Crippen LogP contribution in [0, 0.1) is 11.3 Å². The van der Waals surface area contributed by atoms with E-state index in [0.29, 0.717) is 11.8 Å². The van der Waals surface area contributed by atoms with Gasteiger partial charge in [-0.05, 0) is 89.7 Å². The van der Waals surface area contributed by atoms with Crippen LogP contribution < -0.4 is 0 Å². The molecule has 3 fully saturated rings. The molecule has 1 heterocycles. The summed E-state index contributed by atoms with van der Waals surface area (Å²) in [6, 6.07) is 18.5. The maximum absolute atomic E-state index is 12.4. The summed E-state index contributed by atoms with van der Waals surface area (Å²) in [5, 5.41) is 0. The van der Waals surface area contributed by atoms with Crippen molar-refractivity contribution in [2.75, 3.05) is 26.3 Å². The molecule has 2 aromatic rings. The first-order valence-electron chi connectivity index (χ1n) is 12.7. The molecule has 2 heteroatoms. The standard InChI is InChI=1S/C30H34FN/c31-16-5-17-32-20-23(21-32)18-22-10-12-25(13-11-22)29-26-8-2-1-6-24(26)7-3-9-27(29)28-19-30(28)14-4-15-30/h1-2,6,8,10-13,18,28H,3-5,7,9,14-17,19-21H2. The van der Waals surface area contributed by atoms with E-state index in [9.17, 15) is 4.39 Å². The number of aryl methyl sites for hydroxylation is 1. The van der Waals surface area contributed by atoms with E-state index in [1.54, 1.807) is 11.1 Å². The van der Waals surface area contributed by atoms with Crippen molar-refractivity contribution in [1.82, 2.24) is 4.90 Å². The van der Waals surface area contributed by atoms with Gasteiger partial charge in [0.2, 0.25) is 0 Å². The minimum absolute atomic E-state index is 0.208. The highest BCUT2D eigenvalue weighted by molar-refractivity contribution is 5.85. The molecule has 3 aliphatic carbocycles. The van der Waals surface area contributed by atoms with Gasteiger partial charge in [0.05, 0.1) is 6.67 Å². The molecule has 1 atom stereocenters. The first-order chi connectivity index (χ1) is 15.8. The minimum Gasteiger partial charge on any atom is -0.295 e. The van der Waals surface area contributed by atoms with Gasteiger partial charge in [-0.3, -0.25) is 9.29 Å². The van der Waals surface area contributed by atoms with E-state index in [0.717, 1.165) is 25.6 Å². The summed E-state index contributed by atoms with van der Waals surface area (Å²) in [4.78, 5) is 2.32. The second-order valence-corrected chi connectivity index (χ2v) is 10.6. The van der Waals surface area contributed by atoms with Crippen LogP contribution >= 0.6 is 0 Å². The summed E-state index contributed by atoms with van der Waals surface area (Å²) in [5.74, 6) is 0.824. The summed E-state index contributed by atoms with van der Waals surface area (Å²) in [6.07, 6.45) is 12.5. The SMILES string of the molecule is FCCCN1CC(=Cc2ccc(C3=C(C4CC45CCC5)CCCc4ccccc43)cc2)C1. The van der Waals surface area contributed by atoms with Gasteiger partial charge in [0.15, 0.2) is 0 Å². The number of fused-ring (bicyclic) bond motifs is 1. The molecule has 6 rings (SSSR count).